The van der Waals surface area contributed by atoms with Gasteiger partial charge in [0.15, 0.2) is 0 Å². The molecule has 1 atom stereocenters. The molecule has 22 heavy (non-hydrogen) atoms. The molecule has 1 aliphatic heterocycles. The van der Waals surface area contributed by atoms with E-state index in [4.69, 9.17) is 0 Å². The number of rotatable bonds is 7. The monoisotopic (exact) mass is 304 g/mol. The van der Waals surface area contributed by atoms with Crippen LogP contribution in [0.25, 0.3) is 0 Å². The predicted octanol–water partition coefficient (Wildman–Crippen LogP) is 2.09. The second-order valence-electron chi connectivity index (χ2n) is 5.88. The molecule has 5 nitrogen and oxygen atoms in total. The normalized spacial score (nSPS) is 18.7. The molecular weight excluding hydrogens is 280 g/mol. The maximum atomic E-state index is 12.4. The molecule has 3 amide bonds. The Hall–Kier alpha value is -1.88. The molecule has 1 unspecified atom stereocenters. The summed E-state index contributed by atoms with van der Waals surface area (Å²) < 4.78 is 0. The van der Waals surface area contributed by atoms with Crippen molar-refractivity contribution < 1.29 is 14.7 Å². The number of hydrogen-bond acceptors (Lipinski definition) is 3. The van der Waals surface area contributed by atoms with Gasteiger partial charge < -0.3 is 10.4 Å². The zero-order valence-electron chi connectivity index (χ0n) is 13.2. The number of aliphatic hydroxyl groups is 1. The lowest BCUT2D eigenvalue weighted by atomic mass is 9.96. The Morgan fingerprint density at radius 2 is 1.82 bits per heavy atom. The van der Waals surface area contributed by atoms with Crippen LogP contribution in [0.4, 0.5) is 4.79 Å². The van der Waals surface area contributed by atoms with Gasteiger partial charge in [-0.1, -0.05) is 44.2 Å². The smallest absolute Gasteiger partial charge is 0.324 e. The highest BCUT2D eigenvalue weighted by atomic mass is 16.3. The van der Waals surface area contributed by atoms with Crippen LogP contribution in [0, 0.1) is 0 Å². The van der Waals surface area contributed by atoms with Crippen molar-refractivity contribution in [3.8, 4) is 0 Å². The molecule has 0 bridgehead atoms. The number of urea groups is 1. The third-order valence-electron chi connectivity index (χ3n) is 4.44. The van der Waals surface area contributed by atoms with E-state index in [9.17, 15) is 14.7 Å². The van der Waals surface area contributed by atoms with Crippen LogP contribution in [0.5, 0.6) is 0 Å². The Labute approximate surface area is 131 Å². The average Bonchev–Trinajstić information content (AvgIpc) is 2.81. The van der Waals surface area contributed by atoms with Crippen molar-refractivity contribution in [2.75, 3.05) is 6.54 Å². The van der Waals surface area contributed by atoms with Crippen LogP contribution < -0.4 is 5.32 Å². The Bertz CT molecular complexity index is 526. The molecule has 0 radical (unpaired) electrons. The summed E-state index contributed by atoms with van der Waals surface area (Å²) in [5.41, 5.74) is 0.142. The summed E-state index contributed by atoms with van der Waals surface area (Å²) in [5.74, 6) is -0.235. The minimum atomic E-state index is -0.999. The Morgan fingerprint density at radius 1 is 1.18 bits per heavy atom. The van der Waals surface area contributed by atoms with Crippen molar-refractivity contribution in [1.82, 2.24) is 10.2 Å². The van der Waals surface area contributed by atoms with E-state index in [-0.39, 0.29) is 12.5 Å². The maximum absolute atomic E-state index is 12.4. The van der Waals surface area contributed by atoms with Gasteiger partial charge in [0.2, 0.25) is 0 Å². The molecule has 1 aliphatic rings. The second-order valence-corrected chi connectivity index (χ2v) is 5.88. The van der Waals surface area contributed by atoms with Gasteiger partial charge in [0.05, 0.1) is 12.1 Å². The number of carbonyl (C=O) groups excluding carboxylic acids is 2. The SMILES string of the molecule is CCC(O)(CC)CN1C(=O)NC(CCc2ccccc2)C1=O. The van der Waals surface area contributed by atoms with E-state index in [0.717, 1.165) is 16.9 Å². The number of benzene rings is 1. The van der Waals surface area contributed by atoms with Gasteiger partial charge in [0.25, 0.3) is 5.91 Å². The van der Waals surface area contributed by atoms with Crippen LogP contribution in [0.2, 0.25) is 0 Å². The lowest BCUT2D eigenvalue weighted by molar-refractivity contribution is -0.130. The summed E-state index contributed by atoms with van der Waals surface area (Å²) in [6, 6.07) is 8.98. The number of aryl methyl sites for hydroxylation is 1. The summed E-state index contributed by atoms with van der Waals surface area (Å²) in [7, 11) is 0. The zero-order valence-corrected chi connectivity index (χ0v) is 13.2. The number of carbonyl (C=O) groups is 2. The Kier molecular flexibility index (Phi) is 5.19. The topological polar surface area (TPSA) is 69.6 Å². The highest BCUT2D eigenvalue weighted by Gasteiger charge is 2.41. The van der Waals surface area contributed by atoms with Crippen molar-refractivity contribution >= 4 is 11.9 Å². The average molecular weight is 304 g/mol. The predicted molar refractivity (Wildman–Crippen MR) is 84.3 cm³/mol. The first kappa shape index (κ1) is 16.5. The molecule has 1 saturated heterocycles. The van der Waals surface area contributed by atoms with Gasteiger partial charge in [0, 0.05) is 0 Å². The van der Waals surface area contributed by atoms with Crippen molar-refractivity contribution in [2.24, 2.45) is 0 Å². The van der Waals surface area contributed by atoms with E-state index in [1.165, 1.54) is 0 Å². The lowest BCUT2D eigenvalue weighted by Gasteiger charge is -2.28. The van der Waals surface area contributed by atoms with Gasteiger partial charge in [0.1, 0.15) is 6.04 Å². The van der Waals surface area contributed by atoms with Crippen LogP contribution in [-0.2, 0) is 11.2 Å². The third-order valence-corrected chi connectivity index (χ3v) is 4.44. The van der Waals surface area contributed by atoms with Crippen LogP contribution in [0.3, 0.4) is 0 Å². The highest BCUT2D eigenvalue weighted by Crippen LogP contribution is 2.20. The molecule has 5 heteroatoms. The number of imide groups is 1. The Morgan fingerprint density at radius 3 is 2.41 bits per heavy atom. The molecule has 1 fully saturated rings. The summed E-state index contributed by atoms with van der Waals surface area (Å²) in [5, 5.41) is 13.1. The van der Waals surface area contributed by atoms with Crippen molar-refractivity contribution in [2.45, 2.75) is 51.2 Å². The van der Waals surface area contributed by atoms with E-state index in [2.05, 4.69) is 5.32 Å². The van der Waals surface area contributed by atoms with E-state index < -0.39 is 17.7 Å². The van der Waals surface area contributed by atoms with E-state index in [1.54, 1.807) is 0 Å². The highest BCUT2D eigenvalue weighted by molar-refractivity contribution is 6.04. The number of β-amino-alcohol motifs (C(OH)–C–C–N with tert-alkyl or cyclic N) is 1. The molecule has 0 spiro atoms. The minimum absolute atomic E-state index is 0.0620. The number of amides is 3. The second kappa shape index (κ2) is 6.92. The van der Waals surface area contributed by atoms with Gasteiger partial charge in [-0.3, -0.25) is 9.69 Å². The van der Waals surface area contributed by atoms with Gasteiger partial charge in [-0.15, -0.1) is 0 Å². The van der Waals surface area contributed by atoms with Gasteiger partial charge in [-0.25, -0.2) is 4.79 Å². The van der Waals surface area contributed by atoms with Crippen molar-refractivity contribution in [3.63, 3.8) is 0 Å². The molecule has 0 aromatic heterocycles. The van der Waals surface area contributed by atoms with Crippen molar-refractivity contribution in [1.29, 1.82) is 0 Å². The Balaban J connectivity index is 1.96. The first-order valence-electron chi connectivity index (χ1n) is 7.87. The third kappa shape index (κ3) is 3.65. The fraction of sp³-hybridized carbons (Fsp3) is 0.529. The molecule has 1 aromatic rings. The molecule has 2 N–H and O–H groups in total. The molecule has 0 aliphatic carbocycles. The summed E-state index contributed by atoms with van der Waals surface area (Å²) in [6.07, 6.45) is 2.32. The fourth-order valence-corrected chi connectivity index (χ4v) is 2.65. The van der Waals surface area contributed by atoms with Gasteiger partial charge in [-0.05, 0) is 31.2 Å². The molecule has 2 rings (SSSR count). The summed E-state index contributed by atoms with van der Waals surface area (Å²) in [6.45, 7) is 3.77. The van der Waals surface area contributed by atoms with E-state index in [0.29, 0.717) is 19.3 Å². The van der Waals surface area contributed by atoms with Crippen LogP contribution in [0.15, 0.2) is 30.3 Å². The zero-order chi connectivity index (χ0) is 16.2. The van der Waals surface area contributed by atoms with Crippen LogP contribution in [0.1, 0.15) is 38.7 Å². The van der Waals surface area contributed by atoms with Gasteiger partial charge in [-0.2, -0.15) is 0 Å². The number of hydrogen-bond donors (Lipinski definition) is 2. The van der Waals surface area contributed by atoms with E-state index in [1.807, 2.05) is 44.2 Å². The summed E-state index contributed by atoms with van der Waals surface area (Å²) >= 11 is 0. The van der Waals surface area contributed by atoms with E-state index >= 15 is 0 Å². The minimum Gasteiger partial charge on any atom is -0.388 e. The molecule has 0 saturated carbocycles. The molecule has 1 heterocycles. The quantitative estimate of drug-likeness (QED) is 0.758. The number of nitrogens with one attached hydrogen (secondary N) is 1. The first-order valence-corrected chi connectivity index (χ1v) is 7.87. The molecule has 120 valence electrons. The summed E-state index contributed by atoms with van der Waals surface area (Å²) in [4.78, 5) is 25.5. The van der Waals surface area contributed by atoms with Crippen LogP contribution in [-0.4, -0.2) is 40.1 Å². The molecule has 1 aromatic carbocycles. The standard InChI is InChI=1S/C17H24N2O3/c1-3-17(22,4-2)12-19-15(20)14(18-16(19)21)11-10-13-8-6-5-7-9-13/h5-9,14,22H,3-4,10-12H2,1-2H3,(H,18,21). The number of nitrogens with zero attached hydrogens (tertiary/aromatic N) is 1. The molecular formula is C17H24N2O3. The van der Waals surface area contributed by atoms with Crippen LogP contribution >= 0.6 is 0 Å². The van der Waals surface area contributed by atoms with Gasteiger partial charge >= 0.3 is 6.03 Å². The largest absolute Gasteiger partial charge is 0.388 e. The maximum Gasteiger partial charge on any atom is 0.324 e. The fourth-order valence-electron chi connectivity index (χ4n) is 2.65. The lowest BCUT2D eigenvalue weighted by Crippen LogP contribution is -2.45. The van der Waals surface area contributed by atoms with Crippen molar-refractivity contribution in [3.05, 3.63) is 35.9 Å². The first-order chi connectivity index (χ1) is 10.5.